The number of anilines is 1. The van der Waals surface area contributed by atoms with Gasteiger partial charge in [-0.2, -0.15) is 0 Å². The number of carbonyl (C=O) groups excluding carboxylic acids is 1. The fourth-order valence-corrected chi connectivity index (χ4v) is 2.41. The van der Waals surface area contributed by atoms with Crippen molar-refractivity contribution in [2.24, 2.45) is 0 Å². The summed E-state index contributed by atoms with van der Waals surface area (Å²) in [4.78, 5) is 18.3. The molecule has 0 radical (unpaired) electrons. The van der Waals surface area contributed by atoms with Crippen LogP contribution in [0.25, 0.3) is 11.0 Å². The number of hydrogen-bond donors (Lipinski definition) is 1. The number of likely N-dealkylation sites (N-methyl/N-ethyl adjacent to an activating group) is 1. The van der Waals surface area contributed by atoms with Crippen molar-refractivity contribution in [3.63, 3.8) is 0 Å². The van der Waals surface area contributed by atoms with E-state index >= 15 is 0 Å². The second kappa shape index (κ2) is 5.48. The summed E-state index contributed by atoms with van der Waals surface area (Å²) in [7, 11) is 0. The van der Waals surface area contributed by atoms with E-state index in [1.807, 2.05) is 13.8 Å². The summed E-state index contributed by atoms with van der Waals surface area (Å²) in [6.45, 7) is 6.92. The fourth-order valence-electron chi connectivity index (χ4n) is 2.41. The molecule has 1 aromatic carbocycles. The van der Waals surface area contributed by atoms with Crippen LogP contribution in [0, 0.1) is 5.82 Å². The first-order chi connectivity index (χ1) is 9.49. The number of carbonyl (C=O) groups is 1. The van der Waals surface area contributed by atoms with Crippen LogP contribution in [0.15, 0.2) is 18.2 Å². The Morgan fingerprint density at radius 3 is 2.70 bits per heavy atom. The molecule has 1 aromatic heterocycles. The molecule has 1 atom stereocenters. The van der Waals surface area contributed by atoms with Crippen LogP contribution in [0.3, 0.4) is 0 Å². The molecular formula is C14H19FN4O. The molecule has 108 valence electrons. The van der Waals surface area contributed by atoms with Gasteiger partial charge in [-0.05, 0) is 32.9 Å². The van der Waals surface area contributed by atoms with Gasteiger partial charge in [0.2, 0.25) is 11.9 Å². The lowest BCUT2D eigenvalue weighted by Crippen LogP contribution is -2.36. The third kappa shape index (κ3) is 2.33. The van der Waals surface area contributed by atoms with Crippen molar-refractivity contribution in [3.8, 4) is 0 Å². The minimum atomic E-state index is -0.467. The molecule has 2 aromatic rings. The third-order valence-corrected chi connectivity index (χ3v) is 3.50. The van der Waals surface area contributed by atoms with Crippen molar-refractivity contribution in [3.05, 3.63) is 24.0 Å². The third-order valence-electron chi connectivity index (χ3n) is 3.50. The van der Waals surface area contributed by atoms with Crippen LogP contribution in [0.5, 0.6) is 0 Å². The number of imidazole rings is 1. The monoisotopic (exact) mass is 278 g/mol. The topological polar surface area (TPSA) is 64.2 Å². The minimum Gasteiger partial charge on any atom is -0.369 e. The summed E-state index contributed by atoms with van der Waals surface area (Å²) in [5.74, 6) is -0.172. The number of benzene rings is 1. The van der Waals surface area contributed by atoms with Crippen molar-refractivity contribution < 1.29 is 9.18 Å². The zero-order valence-electron chi connectivity index (χ0n) is 11.9. The predicted octanol–water partition coefficient (Wildman–Crippen LogP) is 2.19. The quantitative estimate of drug-likeness (QED) is 0.932. The van der Waals surface area contributed by atoms with E-state index in [9.17, 15) is 9.18 Å². The van der Waals surface area contributed by atoms with Gasteiger partial charge in [0.05, 0.1) is 11.0 Å². The largest absolute Gasteiger partial charge is 0.369 e. The number of aromatic nitrogens is 2. The van der Waals surface area contributed by atoms with Gasteiger partial charge in [0.25, 0.3) is 0 Å². The number of halogens is 1. The Balaban J connectivity index is 2.46. The van der Waals surface area contributed by atoms with Crippen molar-refractivity contribution in [2.45, 2.75) is 26.8 Å². The standard InChI is InChI=1S/C14H19FN4O/c1-4-18(5-2)13(20)9(3)19-12-7-6-10(15)8-11(12)17-14(19)16/h6-9H,4-5H2,1-3H3,(H2,16,17). The van der Waals surface area contributed by atoms with Crippen LogP contribution >= 0.6 is 0 Å². The number of fused-ring (bicyclic) bond motifs is 1. The Morgan fingerprint density at radius 1 is 1.45 bits per heavy atom. The first kappa shape index (κ1) is 14.3. The second-order valence-electron chi connectivity index (χ2n) is 4.66. The number of nitrogen functional groups attached to an aromatic ring is 1. The van der Waals surface area contributed by atoms with E-state index < -0.39 is 6.04 Å². The highest BCUT2D eigenvalue weighted by Crippen LogP contribution is 2.24. The normalized spacial score (nSPS) is 12.6. The van der Waals surface area contributed by atoms with Crippen molar-refractivity contribution in [2.75, 3.05) is 18.8 Å². The van der Waals surface area contributed by atoms with E-state index in [2.05, 4.69) is 4.98 Å². The van der Waals surface area contributed by atoms with E-state index in [-0.39, 0.29) is 17.7 Å². The Kier molecular flexibility index (Phi) is 3.92. The molecule has 2 rings (SSSR count). The molecule has 6 heteroatoms. The van der Waals surface area contributed by atoms with E-state index in [0.29, 0.717) is 24.1 Å². The molecule has 2 N–H and O–H groups in total. The summed E-state index contributed by atoms with van der Waals surface area (Å²) in [6.07, 6.45) is 0. The summed E-state index contributed by atoms with van der Waals surface area (Å²) < 4.78 is 14.9. The molecule has 0 aliphatic rings. The van der Waals surface area contributed by atoms with E-state index in [1.54, 1.807) is 22.5 Å². The average molecular weight is 278 g/mol. The maximum atomic E-state index is 13.2. The van der Waals surface area contributed by atoms with Gasteiger partial charge in [-0.3, -0.25) is 9.36 Å². The zero-order chi connectivity index (χ0) is 14.9. The highest BCUT2D eigenvalue weighted by atomic mass is 19.1. The molecule has 0 fully saturated rings. The summed E-state index contributed by atoms with van der Waals surface area (Å²) in [5.41, 5.74) is 7.01. The van der Waals surface area contributed by atoms with Gasteiger partial charge in [-0.25, -0.2) is 9.37 Å². The first-order valence-electron chi connectivity index (χ1n) is 6.71. The van der Waals surface area contributed by atoms with Crippen LogP contribution in [-0.4, -0.2) is 33.4 Å². The summed E-state index contributed by atoms with van der Waals surface area (Å²) in [5, 5.41) is 0. The molecule has 1 unspecified atom stereocenters. The molecule has 5 nitrogen and oxygen atoms in total. The van der Waals surface area contributed by atoms with Gasteiger partial charge < -0.3 is 10.6 Å². The van der Waals surface area contributed by atoms with E-state index in [4.69, 9.17) is 5.73 Å². The number of nitrogens with zero attached hydrogens (tertiary/aromatic N) is 3. The molecule has 0 aliphatic carbocycles. The average Bonchev–Trinajstić information content (AvgIpc) is 2.74. The highest BCUT2D eigenvalue weighted by Gasteiger charge is 2.23. The van der Waals surface area contributed by atoms with Crippen molar-refractivity contribution >= 4 is 22.9 Å². The Labute approximate surface area is 117 Å². The molecule has 0 bridgehead atoms. The van der Waals surface area contributed by atoms with Crippen molar-refractivity contribution in [1.29, 1.82) is 0 Å². The predicted molar refractivity (Wildman–Crippen MR) is 76.7 cm³/mol. The molecule has 1 amide bonds. The van der Waals surface area contributed by atoms with Gasteiger partial charge >= 0.3 is 0 Å². The molecule has 20 heavy (non-hydrogen) atoms. The van der Waals surface area contributed by atoms with Crippen LogP contribution in [0.2, 0.25) is 0 Å². The molecule has 0 saturated carbocycles. The molecule has 0 aliphatic heterocycles. The van der Waals surface area contributed by atoms with E-state index in [0.717, 1.165) is 0 Å². The smallest absolute Gasteiger partial charge is 0.245 e. The number of nitrogens with two attached hydrogens (primary N) is 1. The first-order valence-corrected chi connectivity index (χ1v) is 6.71. The molecule has 1 heterocycles. The molecule has 0 spiro atoms. The van der Waals surface area contributed by atoms with Gasteiger partial charge in [0.15, 0.2) is 0 Å². The van der Waals surface area contributed by atoms with Crippen LogP contribution in [-0.2, 0) is 4.79 Å². The Bertz CT molecular complexity index is 633. The van der Waals surface area contributed by atoms with Crippen LogP contribution < -0.4 is 5.73 Å². The van der Waals surface area contributed by atoms with Gasteiger partial charge in [-0.1, -0.05) is 0 Å². The SMILES string of the molecule is CCN(CC)C(=O)C(C)n1c(N)nc2cc(F)ccc21. The fraction of sp³-hybridized carbons (Fsp3) is 0.429. The highest BCUT2D eigenvalue weighted by molar-refractivity contribution is 5.85. The van der Waals surface area contributed by atoms with Crippen molar-refractivity contribution in [1.82, 2.24) is 14.5 Å². The van der Waals surface area contributed by atoms with Gasteiger partial charge in [0.1, 0.15) is 11.9 Å². The minimum absolute atomic E-state index is 0.0228. The number of hydrogen-bond acceptors (Lipinski definition) is 3. The number of amides is 1. The van der Waals surface area contributed by atoms with Crippen LogP contribution in [0.4, 0.5) is 10.3 Å². The lowest BCUT2D eigenvalue weighted by atomic mass is 10.2. The Hall–Kier alpha value is -2.11. The second-order valence-corrected chi connectivity index (χ2v) is 4.66. The zero-order valence-corrected chi connectivity index (χ0v) is 11.9. The molecule has 0 saturated heterocycles. The Morgan fingerprint density at radius 2 is 2.10 bits per heavy atom. The van der Waals surface area contributed by atoms with Gasteiger partial charge in [0, 0.05) is 19.2 Å². The number of rotatable bonds is 4. The van der Waals surface area contributed by atoms with Gasteiger partial charge in [-0.15, -0.1) is 0 Å². The maximum Gasteiger partial charge on any atom is 0.245 e. The summed E-state index contributed by atoms with van der Waals surface area (Å²) in [6, 6.07) is 3.79. The van der Waals surface area contributed by atoms with Crippen LogP contribution in [0.1, 0.15) is 26.8 Å². The maximum absolute atomic E-state index is 13.2. The molecular weight excluding hydrogens is 259 g/mol. The lowest BCUT2D eigenvalue weighted by molar-refractivity contribution is -0.133. The lowest BCUT2D eigenvalue weighted by Gasteiger charge is -2.24. The van der Waals surface area contributed by atoms with E-state index in [1.165, 1.54) is 12.1 Å². The summed E-state index contributed by atoms with van der Waals surface area (Å²) >= 11 is 0.